The largest absolute Gasteiger partial charge is 0.493 e. The molecule has 2 aromatic carbocycles. The summed E-state index contributed by atoms with van der Waals surface area (Å²) in [6.45, 7) is 2.15. The third-order valence-electron chi connectivity index (χ3n) is 5.01. The lowest BCUT2D eigenvalue weighted by molar-refractivity contribution is 0.0916. The van der Waals surface area contributed by atoms with Crippen LogP contribution in [0, 0.1) is 0 Å². The van der Waals surface area contributed by atoms with Crippen LogP contribution in [0.3, 0.4) is 0 Å². The summed E-state index contributed by atoms with van der Waals surface area (Å²) in [5.41, 5.74) is 0.236. The van der Waals surface area contributed by atoms with E-state index in [-0.39, 0.29) is 22.4 Å². The highest BCUT2D eigenvalue weighted by molar-refractivity contribution is 7.90. The van der Waals surface area contributed by atoms with E-state index < -0.39 is 15.7 Å². The van der Waals surface area contributed by atoms with Crippen molar-refractivity contribution in [2.45, 2.75) is 17.9 Å². The molecule has 0 aliphatic heterocycles. The normalized spacial score (nSPS) is 12.0. The summed E-state index contributed by atoms with van der Waals surface area (Å²) in [4.78, 5) is 21.2. The number of ether oxygens (including phenoxy) is 4. The topological polar surface area (TPSA) is 146 Å². The number of sulfone groups is 1. The Morgan fingerprint density at radius 3 is 2.36 bits per heavy atom. The SMILES string of the molecule is COC[C@H](C)Oc1cc(Oc2ccc(S(C)(=O)=O)cc2)cc(C(=O)Nc2ncc(Oc3ccc(O)nc3)s2)c1. The molecule has 1 atom stereocenters. The summed E-state index contributed by atoms with van der Waals surface area (Å²) in [6, 6.07) is 13.6. The predicted molar refractivity (Wildman–Crippen MR) is 144 cm³/mol. The highest BCUT2D eigenvalue weighted by Gasteiger charge is 2.16. The van der Waals surface area contributed by atoms with Crippen LogP contribution in [0.1, 0.15) is 17.3 Å². The summed E-state index contributed by atoms with van der Waals surface area (Å²) < 4.78 is 46.1. The van der Waals surface area contributed by atoms with E-state index in [0.717, 1.165) is 17.6 Å². The van der Waals surface area contributed by atoms with Crippen LogP contribution in [0.2, 0.25) is 0 Å². The summed E-state index contributed by atoms with van der Waals surface area (Å²) in [5, 5.41) is 12.7. The van der Waals surface area contributed by atoms with Gasteiger partial charge < -0.3 is 24.1 Å². The van der Waals surface area contributed by atoms with Gasteiger partial charge in [0.1, 0.15) is 29.1 Å². The molecule has 0 bridgehead atoms. The molecule has 1 amide bonds. The monoisotopic (exact) mass is 571 g/mol. The van der Waals surface area contributed by atoms with Crippen LogP contribution in [-0.2, 0) is 14.6 Å². The molecule has 4 rings (SSSR count). The average Bonchev–Trinajstić information content (AvgIpc) is 3.31. The fourth-order valence-electron chi connectivity index (χ4n) is 3.30. The van der Waals surface area contributed by atoms with E-state index in [1.54, 1.807) is 25.3 Å². The lowest BCUT2D eigenvalue weighted by Gasteiger charge is -2.16. The van der Waals surface area contributed by atoms with E-state index in [4.69, 9.17) is 18.9 Å². The summed E-state index contributed by atoms with van der Waals surface area (Å²) >= 11 is 1.10. The van der Waals surface area contributed by atoms with E-state index in [0.29, 0.717) is 39.8 Å². The molecule has 4 aromatic rings. The number of nitrogens with one attached hydrogen (secondary N) is 1. The van der Waals surface area contributed by atoms with E-state index in [2.05, 4.69) is 15.3 Å². The summed E-state index contributed by atoms with van der Waals surface area (Å²) in [5.74, 6) is 0.855. The van der Waals surface area contributed by atoms with Gasteiger partial charge in [0, 0.05) is 31.1 Å². The number of pyridine rings is 1. The molecule has 11 nitrogen and oxygen atoms in total. The van der Waals surface area contributed by atoms with Crippen molar-refractivity contribution in [3.63, 3.8) is 0 Å². The molecule has 0 spiro atoms. The summed E-state index contributed by atoms with van der Waals surface area (Å²) in [6.07, 6.45) is 3.63. The lowest BCUT2D eigenvalue weighted by atomic mass is 10.2. The van der Waals surface area contributed by atoms with Crippen molar-refractivity contribution in [1.82, 2.24) is 9.97 Å². The van der Waals surface area contributed by atoms with Gasteiger partial charge >= 0.3 is 0 Å². The zero-order valence-corrected chi connectivity index (χ0v) is 22.8. The Kier molecular flexibility index (Phi) is 8.64. The number of aromatic nitrogens is 2. The maximum Gasteiger partial charge on any atom is 0.257 e. The molecule has 2 N–H and O–H groups in total. The van der Waals surface area contributed by atoms with Crippen LogP contribution in [0.5, 0.6) is 33.9 Å². The molecular weight excluding hydrogens is 546 g/mol. The van der Waals surface area contributed by atoms with Crippen molar-refractivity contribution in [2.75, 3.05) is 25.3 Å². The number of benzene rings is 2. The Morgan fingerprint density at radius 1 is 0.974 bits per heavy atom. The van der Waals surface area contributed by atoms with Gasteiger partial charge in [0.2, 0.25) is 10.9 Å². The Hall–Kier alpha value is -4.20. The van der Waals surface area contributed by atoms with Crippen molar-refractivity contribution in [1.29, 1.82) is 0 Å². The highest BCUT2D eigenvalue weighted by Crippen LogP contribution is 2.32. The quantitative estimate of drug-likeness (QED) is 0.255. The van der Waals surface area contributed by atoms with Gasteiger partial charge in [0.25, 0.3) is 5.91 Å². The maximum absolute atomic E-state index is 13.1. The Bertz CT molecular complexity index is 1540. The minimum absolute atomic E-state index is 0.128. The number of thiazole rings is 1. The second kappa shape index (κ2) is 12.1. The molecule has 39 heavy (non-hydrogen) atoms. The Morgan fingerprint density at radius 2 is 1.69 bits per heavy atom. The third-order valence-corrected chi connectivity index (χ3v) is 6.93. The van der Waals surface area contributed by atoms with Gasteiger partial charge in [-0.05, 0) is 49.4 Å². The third kappa shape index (κ3) is 7.89. The number of hydrogen-bond donors (Lipinski definition) is 2. The molecule has 0 fully saturated rings. The molecule has 0 unspecified atom stereocenters. The van der Waals surface area contributed by atoms with Crippen LogP contribution in [0.4, 0.5) is 5.13 Å². The first-order chi connectivity index (χ1) is 18.6. The molecule has 2 heterocycles. The smallest absolute Gasteiger partial charge is 0.257 e. The number of anilines is 1. The number of amides is 1. The zero-order chi connectivity index (χ0) is 28.0. The van der Waals surface area contributed by atoms with Gasteiger partial charge in [-0.2, -0.15) is 0 Å². The van der Waals surface area contributed by atoms with Gasteiger partial charge in [-0.15, -0.1) is 0 Å². The van der Waals surface area contributed by atoms with Crippen LogP contribution >= 0.6 is 11.3 Å². The van der Waals surface area contributed by atoms with Crippen molar-refractivity contribution < 1.29 is 37.3 Å². The van der Waals surface area contributed by atoms with E-state index >= 15 is 0 Å². The number of hydrogen-bond acceptors (Lipinski definition) is 11. The standard InChI is InChI=1S/C26H25N3O8S2/c1-16(15-34-2)35-20-10-17(11-21(12-20)36-18-4-7-22(8-5-18)39(3,32)33)25(31)29-26-28-14-24(38-26)37-19-6-9-23(30)27-13-19/h4-14,16H,15H2,1-3H3,(H,27,30)(H,28,29,31)/t16-/m0/s1. The predicted octanol–water partition coefficient (Wildman–Crippen LogP) is 4.90. The van der Waals surface area contributed by atoms with E-state index in [9.17, 15) is 18.3 Å². The van der Waals surface area contributed by atoms with E-state index in [1.165, 1.54) is 48.8 Å². The second-order valence-corrected chi connectivity index (χ2v) is 11.3. The molecule has 0 saturated heterocycles. The van der Waals surface area contributed by atoms with Crippen molar-refractivity contribution in [3.05, 3.63) is 72.6 Å². The van der Waals surface area contributed by atoms with Gasteiger partial charge in [-0.3, -0.25) is 10.1 Å². The van der Waals surface area contributed by atoms with Crippen molar-refractivity contribution >= 4 is 32.2 Å². The van der Waals surface area contributed by atoms with Crippen LogP contribution in [0.15, 0.2) is 71.9 Å². The molecule has 0 aliphatic carbocycles. The molecule has 204 valence electrons. The summed E-state index contributed by atoms with van der Waals surface area (Å²) in [7, 11) is -1.79. The average molecular weight is 572 g/mol. The highest BCUT2D eigenvalue weighted by atomic mass is 32.2. The minimum atomic E-state index is -3.35. The number of rotatable bonds is 11. The number of aromatic hydroxyl groups is 1. The van der Waals surface area contributed by atoms with Crippen molar-refractivity contribution in [2.24, 2.45) is 0 Å². The van der Waals surface area contributed by atoms with Crippen LogP contribution in [0.25, 0.3) is 0 Å². The Balaban J connectivity index is 1.53. The first kappa shape index (κ1) is 27.8. The fraction of sp³-hybridized carbons (Fsp3) is 0.192. The van der Waals surface area contributed by atoms with E-state index in [1.807, 2.05) is 6.92 Å². The second-order valence-electron chi connectivity index (χ2n) is 8.32. The van der Waals surface area contributed by atoms with Crippen LogP contribution < -0.4 is 19.5 Å². The fourth-order valence-corrected chi connectivity index (χ4v) is 4.62. The lowest BCUT2D eigenvalue weighted by Crippen LogP contribution is -2.18. The molecule has 13 heteroatoms. The molecule has 0 saturated carbocycles. The minimum Gasteiger partial charge on any atom is -0.493 e. The Labute approximate surface area is 228 Å². The first-order valence-corrected chi connectivity index (χ1v) is 14.2. The van der Waals surface area contributed by atoms with Gasteiger partial charge in [-0.25, -0.2) is 18.4 Å². The molecule has 2 aromatic heterocycles. The molecular formula is C26H25N3O8S2. The first-order valence-electron chi connectivity index (χ1n) is 11.5. The zero-order valence-electron chi connectivity index (χ0n) is 21.2. The van der Waals surface area contributed by atoms with Gasteiger partial charge in [-0.1, -0.05) is 11.3 Å². The maximum atomic E-state index is 13.1. The number of methoxy groups -OCH3 is 1. The van der Waals surface area contributed by atoms with Gasteiger partial charge in [0.15, 0.2) is 15.0 Å². The van der Waals surface area contributed by atoms with Crippen LogP contribution in [-0.4, -0.2) is 55.5 Å². The number of carbonyl (C=O) groups is 1. The number of nitrogens with zero attached hydrogens (tertiary/aromatic N) is 2. The van der Waals surface area contributed by atoms with Crippen molar-refractivity contribution in [3.8, 4) is 33.9 Å². The molecule has 0 radical (unpaired) electrons. The molecule has 0 aliphatic rings. The number of carbonyl (C=O) groups excluding carboxylic acids is 1. The van der Waals surface area contributed by atoms with Gasteiger partial charge in [0.05, 0.1) is 23.9 Å².